The molecular formula is C22H33Cl2N3O2. The predicted molar refractivity (Wildman–Crippen MR) is 122 cm³/mol. The van der Waals surface area contributed by atoms with Crippen molar-refractivity contribution in [2.24, 2.45) is 0 Å². The Morgan fingerprint density at radius 1 is 1.10 bits per heavy atom. The maximum atomic E-state index is 12.6. The molecule has 0 amide bonds. The number of imidazole rings is 1. The third-order valence-corrected chi connectivity index (χ3v) is 6.99. The molecule has 0 atom stereocenters. The molecule has 29 heavy (non-hydrogen) atoms. The van der Waals surface area contributed by atoms with Crippen molar-refractivity contribution in [1.29, 1.82) is 0 Å². The second kappa shape index (κ2) is 9.86. The summed E-state index contributed by atoms with van der Waals surface area (Å²) in [6.45, 7) is 7.16. The van der Waals surface area contributed by atoms with E-state index in [1.54, 1.807) is 0 Å². The van der Waals surface area contributed by atoms with Crippen molar-refractivity contribution in [3.8, 4) is 0 Å². The summed E-state index contributed by atoms with van der Waals surface area (Å²) in [4.78, 5) is 18.3. The molecule has 162 valence electrons. The Labute approximate surface area is 184 Å². The van der Waals surface area contributed by atoms with Crippen LogP contribution in [0.2, 0.25) is 5.02 Å². The highest BCUT2D eigenvalue weighted by molar-refractivity contribution is 6.32. The van der Waals surface area contributed by atoms with Gasteiger partial charge in [0.25, 0.3) is 0 Å². The van der Waals surface area contributed by atoms with Crippen molar-refractivity contribution in [3.05, 3.63) is 33.2 Å². The van der Waals surface area contributed by atoms with Crippen molar-refractivity contribution in [2.75, 3.05) is 19.7 Å². The van der Waals surface area contributed by atoms with Crippen molar-refractivity contribution in [2.45, 2.75) is 77.0 Å². The molecule has 4 rings (SSSR count). The van der Waals surface area contributed by atoms with Crippen LogP contribution in [0.4, 0.5) is 0 Å². The van der Waals surface area contributed by atoms with E-state index in [4.69, 9.17) is 16.3 Å². The van der Waals surface area contributed by atoms with Gasteiger partial charge >= 0.3 is 5.69 Å². The minimum absolute atomic E-state index is 0. The lowest BCUT2D eigenvalue weighted by Gasteiger charge is -2.41. The number of piperidine rings is 1. The second-order valence-electron chi connectivity index (χ2n) is 8.49. The number of aryl methyl sites for hydroxylation is 1. The highest BCUT2D eigenvalue weighted by Crippen LogP contribution is 2.32. The van der Waals surface area contributed by atoms with Gasteiger partial charge in [-0.3, -0.25) is 4.57 Å². The average molecular weight is 442 g/mol. The van der Waals surface area contributed by atoms with Crippen LogP contribution in [0.3, 0.4) is 0 Å². The molecule has 1 aromatic carbocycles. The van der Waals surface area contributed by atoms with Gasteiger partial charge in [-0.05, 0) is 69.6 Å². The van der Waals surface area contributed by atoms with Crippen LogP contribution >= 0.6 is 24.0 Å². The number of ether oxygens (including phenoxy) is 1. The van der Waals surface area contributed by atoms with Crippen LogP contribution in [-0.2, 0) is 4.74 Å². The Hall–Kier alpha value is -1.01. The molecule has 0 unspecified atom stereocenters. The van der Waals surface area contributed by atoms with Crippen molar-refractivity contribution >= 4 is 35.0 Å². The molecule has 7 heteroatoms. The molecule has 5 nitrogen and oxygen atoms in total. The number of H-pyrrole nitrogens is 1. The third kappa shape index (κ3) is 4.84. The Balaban J connectivity index is 0.00000240. The van der Waals surface area contributed by atoms with Crippen molar-refractivity contribution in [3.63, 3.8) is 0 Å². The minimum atomic E-state index is -0.0105. The predicted octanol–water partition coefficient (Wildman–Crippen LogP) is 5.09. The first kappa shape index (κ1) is 22.7. The van der Waals surface area contributed by atoms with E-state index in [1.165, 1.54) is 25.7 Å². The normalized spacial score (nSPS) is 24.0. The number of benzene rings is 1. The van der Waals surface area contributed by atoms with E-state index in [0.717, 1.165) is 60.6 Å². The Morgan fingerprint density at radius 3 is 2.45 bits per heavy atom. The van der Waals surface area contributed by atoms with Crippen molar-refractivity contribution in [1.82, 2.24) is 14.5 Å². The monoisotopic (exact) mass is 441 g/mol. The van der Waals surface area contributed by atoms with Gasteiger partial charge in [-0.1, -0.05) is 18.5 Å². The maximum Gasteiger partial charge on any atom is 0.326 e. The van der Waals surface area contributed by atoms with Gasteiger partial charge in [0.2, 0.25) is 0 Å². The molecule has 1 aliphatic carbocycles. The van der Waals surface area contributed by atoms with E-state index in [0.29, 0.717) is 12.1 Å². The first-order valence-corrected chi connectivity index (χ1v) is 11.2. The number of halogens is 2. The van der Waals surface area contributed by atoms with Gasteiger partial charge in [0, 0.05) is 36.8 Å². The average Bonchev–Trinajstić information content (AvgIpc) is 3.02. The largest absolute Gasteiger partial charge is 0.378 e. The third-order valence-electron chi connectivity index (χ3n) is 6.58. The summed E-state index contributed by atoms with van der Waals surface area (Å²) in [6, 6.07) is 4.84. The highest BCUT2D eigenvalue weighted by Gasteiger charge is 2.30. The first-order valence-electron chi connectivity index (χ1n) is 10.8. The molecule has 0 bridgehead atoms. The fraction of sp³-hybridized carbons (Fsp3) is 0.682. The SMILES string of the molecule is CCCOC1CCC(N2CCC(n3c(=O)[nH]c4cc(C)c(Cl)cc43)CC2)CC1.Cl. The number of rotatable bonds is 5. The Bertz CT molecular complexity index is 863. The summed E-state index contributed by atoms with van der Waals surface area (Å²) >= 11 is 6.33. The van der Waals surface area contributed by atoms with E-state index in [-0.39, 0.29) is 24.1 Å². The molecule has 2 heterocycles. The zero-order valence-electron chi connectivity index (χ0n) is 17.5. The van der Waals surface area contributed by atoms with Gasteiger partial charge in [-0.15, -0.1) is 12.4 Å². The van der Waals surface area contributed by atoms with Crippen LogP contribution in [0.15, 0.2) is 16.9 Å². The van der Waals surface area contributed by atoms with Crippen LogP contribution in [-0.4, -0.2) is 46.3 Å². The number of nitrogens with zero attached hydrogens (tertiary/aromatic N) is 2. The summed E-state index contributed by atoms with van der Waals surface area (Å²) in [6.07, 6.45) is 8.45. The number of fused-ring (bicyclic) bond motifs is 1. The molecular weight excluding hydrogens is 409 g/mol. The van der Waals surface area contributed by atoms with Crippen LogP contribution in [0, 0.1) is 6.92 Å². The number of nitrogens with one attached hydrogen (secondary N) is 1. The summed E-state index contributed by atoms with van der Waals surface area (Å²) < 4.78 is 7.87. The summed E-state index contributed by atoms with van der Waals surface area (Å²) in [7, 11) is 0. The van der Waals surface area contributed by atoms with Gasteiger partial charge < -0.3 is 14.6 Å². The summed E-state index contributed by atoms with van der Waals surface area (Å²) in [5, 5.41) is 0.722. The lowest BCUT2D eigenvalue weighted by molar-refractivity contribution is 0.00254. The standard InChI is InChI=1S/C22H32ClN3O2.ClH/c1-3-12-28-18-6-4-16(5-7-18)25-10-8-17(9-11-25)26-21-14-19(23)15(2)13-20(21)24-22(26)27;/h13-14,16-18H,3-12H2,1-2H3,(H,24,27);1H. The summed E-state index contributed by atoms with van der Waals surface area (Å²) in [5.41, 5.74) is 2.81. The van der Waals surface area contributed by atoms with Gasteiger partial charge in [0.05, 0.1) is 17.1 Å². The van der Waals surface area contributed by atoms with Gasteiger partial charge in [0.15, 0.2) is 0 Å². The van der Waals surface area contributed by atoms with Crippen LogP contribution in [0.25, 0.3) is 11.0 Å². The second-order valence-corrected chi connectivity index (χ2v) is 8.89. The maximum absolute atomic E-state index is 12.6. The smallest absolute Gasteiger partial charge is 0.326 e. The van der Waals surface area contributed by atoms with E-state index in [2.05, 4.69) is 16.8 Å². The molecule has 2 aliphatic rings. The fourth-order valence-electron chi connectivity index (χ4n) is 4.99. The molecule has 1 aliphatic heterocycles. The quantitative estimate of drug-likeness (QED) is 0.702. The van der Waals surface area contributed by atoms with Gasteiger partial charge in [0.1, 0.15) is 0 Å². The van der Waals surface area contributed by atoms with E-state index >= 15 is 0 Å². The van der Waals surface area contributed by atoms with Crippen LogP contribution < -0.4 is 5.69 Å². The number of hydrogen-bond donors (Lipinski definition) is 1. The number of hydrogen-bond acceptors (Lipinski definition) is 3. The minimum Gasteiger partial charge on any atom is -0.378 e. The molecule has 0 radical (unpaired) electrons. The molecule has 1 N–H and O–H groups in total. The highest BCUT2D eigenvalue weighted by atomic mass is 35.5. The molecule has 1 aromatic heterocycles. The van der Waals surface area contributed by atoms with E-state index in [1.807, 2.05) is 23.6 Å². The lowest BCUT2D eigenvalue weighted by Crippen LogP contribution is -2.45. The Morgan fingerprint density at radius 2 is 1.79 bits per heavy atom. The zero-order valence-corrected chi connectivity index (χ0v) is 19.0. The van der Waals surface area contributed by atoms with Gasteiger partial charge in [-0.2, -0.15) is 0 Å². The molecule has 1 saturated carbocycles. The molecule has 1 saturated heterocycles. The van der Waals surface area contributed by atoms with Crippen molar-refractivity contribution < 1.29 is 4.74 Å². The number of aromatic nitrogens is 2. The molecule has 0 spiro atoms. The number of aromatic amines is 1. The summed E-state index contributed by atoms with van der Waals surface area (Å²) in [5.74, 6) is 0. The Kier molecular flexibility index (Phi) is 7.71. The van der Waals surface area contributed by atoms with Gasteiger partial charge in [-0.25, -0.2) is 4.79 Å². The fourth-order valence-corrected chi connectivity index (χ4v) is 5.15. The van der Waals surface area contributed by atoms with E-state index < -0.39 is 0 Å². The van der Waals surface area contributed by atoms with Crippen LogP contribution in [0.1, 0.15) is 63.5 Å². The topological polar surface area (TPSA) is 50.3 Å². The molecule has 2 fully saturated rings. The zero-order chi connectivity index (χ0) is 19.7. The van der Waals surface area contributed by atoms with Crippen LogP contribution in [0.5, 0.6) is 0 Å². The lowest BCUT2D eigenvalue weighted by atomic mass is 9.90. The molecule has 2 aromatic rings. The van der Waals surface area contributed by atoms with E-state index in [9.17, 15) is 4.79 Å². The number of likely N-dealkylation sites (tertiary alicyclic amines) is 1. The first-order chi connectivity index (χ1) is 13.6.